The number of rotatable bonds is 5. The number of benzene rings is 2. The Morgan fingerprint density at radius 3 is 2.44 bits per heavy atom. The zero-order chi connectivity index (χ0) is 22.2. The second-order valence-electron chi connectivity index (χ2n) is 8.90. The monoisotopic (exact) mass is 454 g/mol. The van der Waals surface area contributed by atoms with E-state index in [2.05, 4.69) is 15.7 Å². The van der Waals surface area contributed by atoms with Crippen LogP contribution in [0.25, 0.3) is 16.6 Å². The summed E-state index contributed by atoms with van der Waals surface area (Å²) in [6, 6.07) is 12.8. The number of carbonyl (C=O) groups is 1. The van der Waals surface area contributed by atoms with E-state index in [1.54, 1.807) is 4.90 Å². The van der Waals surface area contributed by atoms with Gasteiger partial charge in [-0.2, -0.15) is 0 Å². The van der Waals surface area contributed by atoms with Gasteiger partial charge in [0.1, 0.15) is 5.82 Å². The first-order valence-electron chi connectivity index (χ1n) is 11.3. The highest BCUT2D eigenvalue weighted by Gasteiger charge is 2.27. The molecule has 1 aromatic heterocycles. The normalized spacial score (nSPS) is 18.3. The highest BCUT2D eigenvalue weighted by atomic mass is 35.5. The lowest BCUT2D eigenvalue weighted by Gasteiger charge is -2.33. The lowest BCUT2D eigenvalue weighted by molar-refractivity contribution is 0.173. The highest BCUT2D eigenvalue weighted by Crippen LogP contribution is 2.37. The molecule has 0 spiro atoms. The van der Waals surface area contributed by atoms with E-state index in [0.29, 0.717) is 5.92 Å². The molecular weight excluding hydrogens is 427 g/mol. The molecule has 32 heavy (non-hydrogen) atoms. The quantitative estimate of drug-likeness (QED) is 0.545. The third-order valence-electron chi connectivity index (χ3n) is 6.92. The van der Waals surface area contributed by atoms with Gasteiger partial charge in [-0.15, -0.1) is 0 Å². The minimum Gasteiger partial charge on any atom is -0.326 e. The number of amides is 2. The minimum absolute atomic E-state index is 0.144. The van der Waals surface area contributed by atoms with Gasteiger partial charge in [0, 0.05) is 55.5 Å². The van der Waals surface area contributed by atoms with Crippen LogP contribution >= 0.6 is 11.6 Å². The van der Waals surface area contributed by atoms with Crippen molar-refractivity contribution in [2.45, 2.75) is 18.8 Å². The van der Waals surface area contributed by atoms with Crippen LogP contribution in [0.3, 0.4) is 0 Å². The molecule has 0 N–H and O–H groups in total. The first-order valence-corrected chi connectivity index (χ1v) is 11.7. The second kappa shape index (κ2) is 8.75. The zero-order valence-corrected chi connectivity index (χ0v) is 19.1. The van der Waals surface area contributed by atoms with Crippen LogP contribution in [-0.4, -0.2) is 71.6 Å². The van der Waals surface area contributed by atoms with E-state index in [9.17, 15) is 9.18 Å². The molecule has 2 aliphatic heterocycles. The number of nitrogens with zero attached hydrogens (tertiary/aromatic N) is 4. The molecule has 0 unspecified atom stereocenters. The van der Waals surface area contributed by atoms with E-state index < -0.39 is 0 Å². The summed E-state index contributed by atoms with van der Waals surface area (Å²) in [5.74, 6) is 0.219. The van der Waals surface area contributed by atoms with Crippen molar-refractivity contribution in [3.05, 3.63) is 65.1 Å². The smallest absolute Gasteiger partial charge is 0.319 e. The maximum Gasteiger partial charge on any atom is 0.319 e. The van der Waals surface area contributed by atoms with Crippen molar-refractivity contribution in [2.24, 2.45) is 0 Å². The lowest BCUT2D eigenvalue weighted by Crippen LogP contribution is -2.40. The number of halogens is 2. The molecule has 168 valence electrons. The Hall–Kier alpha value is -2.57. The number of hydrogen-bond acceptors (Lipinski definition) is 2. The van der Waals surface area contributed by atoms with Crippen molar-refractivity contribution in [2.75, 3.05) is 46.3 Å². The number of hydrogen-bond donors (Lipinski definition) is 0. The standard InChI is InChI=1S/C25H28ClFN4O/c1-28-12-14-30(25(28)32)15-13-29-10-8-18(9-11-29)23-17-31(21-5-3-20(27)4-6-21)24-7-2-19(26)16-22(23)24/h2-7,16-18H,8-15H2,1H3. The molecule has 0 radical (unpaired) electrons. The lowest BCUT2D eigenvalue weighted by atomic mass is 9.89. The van der Waals surface area contributed by atoms with Crippen molar-refractivity contribution in [3.8, 4) is 5.69 Å². The maximum absolute atomic E-state index is 13.4. The summed E-state index contributed by atoms with van der Waals surface area (Å²) in [6.07, 6.45) is 4.35. The fraction of sp³-hybridized carbons (Fsp3) is 0.400. The zero-order valence-electron chi connectivity index (χ0n) is 18.3. The summed E-state index contributed by atoms with van der Waals surface area (Å²) in [7, 11) is 1.86. The predicted molar refractivity (Wildman–Crippen MR) is 126 cm³/mol. The van der Waals surface area contributed by atoms with Crippen LogP contribution in [0.2, 0.25) is 5.02 Å². The van der Waals surface area contributed by atoms with E-state index in [-0.39, 0.29) is 11.8 Å². The van der Waals surface area contributed by atoms with Crippen LogP contribution in [0.5, 0.6) is 0 Å². The first-order chi connectivity index (χ1) is 15.5. The summed E-state index contributed by atoms with van der Waals surface area (Å²) in [6.45, 7) is 5.42. The summed E-state index contributed by atoms with van der Waals surface area (Å²) < 4.78 is 15.6. The van der Waals surface area contributed by atoms with Crippen LogP contribution in [0, 0.1) is 5.82 Å². The summed E-state index contributed by atoms with van der Waals surface area (Å²) in [4.78, 5) is 18.3. The first kappa shape index (κ1) is 21.3. The van der Waals surface area contributed by atoms with Gasteiger partial charge in [-0.05, 0) is 79.9 Å². The second-order valence-corrected chi connectivity index (χ2v) is 9.34. The molecule has 2 saturated heterocycles. The number of carbonyl (C=O) groups excluding carboxylic acids is 1. The molecule has 3 aromatic rings. The van der Waals surface area contributed by atoms with Crippen LogP contribution in [0.4, 0.5) is 9.18 Å². The number of urea groups is 1. The Labute approximate surface area is 193 Å². The third-order valence-corrected chi connectivity index (χ3v) is 7.15. The summed E-state index contributed by atoms with van der Waals surface area (Å²) in [5.41, 5.74) is 3.35. The molecule has 0 bridgehead atoms. The summed E-state index contributed by atoms with van der Waals surface area (Å²) >= 11 is 6.35. The molecule has 0 atom stereocenters. The summed E-state index contributed by atoms with van der Waals surface area (Å²) in [5, 5.41) is 1.90. The SMILES string of the molecule is CN1CCN(CCN2CCC(c3cn(-c4ccc(F)cc4)c4ccc(Cl)cc34)CC2)C1=O. The Morgan fingerprint density at radius 1 is 1.00 bits per heavy atom. The Bertz CT molecular complexity index is 1120. The van der Waals surface area contributed by atoms with Gasteiger partial charge >= 0.3 is 6.03 Å². The van der Waals surface area contributed by atoms with Crippen LogP contribution < -0.4 is 0 Å². The largest absolute Gasteiger partial charge is 0.326 e. The Balaban J connectivity index is 1.31. The van der Waals surface area contributed by atoms with Crippen molar-refractivity contribution in [1.82, 2.24) is 19.3 Å². The van der Waals surface area contributed by atoms with E-state index in [1.165, 1.54) is 23.1 Å². The van der Waals surface area contributed by atoms with Gasteiger partial charge in [-0.25, -0.2) is 9.18 Å². The fourth-order valence-electron chi connectivity index (χ4n) is 5.01. The molecule has 2 aromatic carbocycles. The number of likely N-dealkylation sites (N-methyl/N-ethyl adjacent to an activating group) is 1. The molecule has 2 fully saturated rings. The van der Waals surface area contributed by atoms with Crippen molar-refractivity contribution in [1.29, 1.82) is 0 Å². The molecule has 0 saturated carbocycles. The fourth-order valence-corrected chi connectivity index (χ4v) is 5.18. The van der Waals surface area contributed by atoms with Crippen molar-refractivity contribution >= 4 is 28.5 Å². The molecule has 3 heterocycles. The van der Waals surface area contributed by atoms with Crippen molar-refractivity contribution < 1.29 is 9.18 Å². The van der Waals surface area contributed by atoms with Crippen molar-refractivity contribution in [3.63, 3.8) is 0 Å². The van der Waals surface area contributed by atoms with Gasteiger partial charge in [0.25, 0.3) is 0 Å². The maximum atomic E-state index is 13.4. The van der Waals surface area contributed by atoms with E-state index in [4.69, 9.17) is 11.6 Å². The molecule has 0 aliphatic carbocycles. The minimum atomic E-state index is -0.233. The molecule has 5 rings (SSSR count). The predicted octanol–water partition coefficient (Wildman–Crippen LogP) is 4.97. The van der Waals surface area contributed by atoms with Gasteiger partial charge in [0.15, 0.2) is 0 Å². The third kappa shape index (κ3) is 4.09. The van der Waals surface area contributed by atoms with E-state index in [0.717, 1.165) is 68.3 Å². The van der Waals surface area contributed by atoms with E-state index in [1.807, 2.05) is 42.3 Å². The molecule has 2 aliphatic rings. The topological polar surface area (TPSA) is 31.7 Å². The van der Waals surface area contributed by atoms with Gasteiger partial charge < -0.3 is 19.3 Å². The molecule has 5 nitrogen and oxygen atoms in total. The van der Waals surface area contributed by atoms with Crippen LogP contribution in [0.15, 0.2) is 48.7 Å². The van der Waals surface area contributed by atoms with Gasteiger partial charge in [-0.1, -0.05) is 11.6 Å². The Kier molecular flexibility index (Phi) is 5.82. The number of piperidine rings is 1. The van der Waals surface area contributed by atoms with E-state index >= 15 is 0 Å². The molecular formula is C25H28ClFN4O. The highest BCUT2D eigenvalue weighted by molar-refractivity contribution is 6.31. The average Bonchev–Trinajstić information content (AvgIpc) is 3.33. The molecule has 2 amide bonds. The van der Waals surface area contributed by atoms with Crippen LogP contribution in [-0.2, 0) is 0 Å². The van der Waals surface area contributed by atoms with Gasteiger partial charge in [0.05, 0.1) is 5.52 Å². The van der Waals surface area contributed by atoms with Gasteiger partial charge in [-0.3, -0.25) is 0 Å². The number of aromatic nitrogens is 1. The Morgan fingerprint density at radius 2 is 1.75 bits per heavy atom. The van der Waals surface area contributed by atoms with Crippen LogP contribution in [0.1, 0.15) is 24.3 Å². The number of likely N-dealkylation sites (tertiary alicyclic amines) is 1. The van der Waals surface area contributed by atoms with Gasteiger partial charge in [0.2, 0.25) is 0 Å². The number of fused-ring (bicyclic) bond motifs is 1. The average molecular weight is 455 g/mol. The molecule has 7 heteroatoms.